The summed E-state index contributed by atoms with van der Waals surface area (Å²) in [5, 5.41) is 5.13. The summed E-state index contributed by atoms with van der Waals surface area (Å²) in [6, 6.07) is 5.60. The Hall–Kier alpha value is -2.94. The van der Waals surface area contributed by atoms with E-state index in [1.807, 2.05) is 0 Å². The first kappa shape index (κ1) is 31.6. The number of carbonyl (C=O) groups is 3. The van der Waals surface area contributed by atoms with Gasteiger partial charge in [0.2, 0.25) is 5.91 Å². The molecule has 220 valence electrons. The summed E-state index contributed by atoms with van der Waals surface area (Å²) in [5.74, 6) is -2.22. The van der Waals surface area contributed by atoms with Crippen molar-refractivity contribution in [2.75, 3.05) is 49.6 Å². The van der Waals surface area contributed by atoms with Gasteiger partial charge in [0.15, 0.2) is 5.75 Å². The van der Waals surface area contributed by atoms with Crippen molar-refractivity contribution < 1.29 is 41.4 Å². The Morgan fingerprint density at radius 3 is 2.52 bits per heavy atom. The van der Waals surface area contributed by atoms with Gasteiger partial charge in [-0.3, -0.25) is 19.3 Å². The van der Waals surface area contributed by atoms with Crippen molar-refractivity contribution >= 4 is 52.0 Å². The molecule has 1 fully saturated rings. The number of anilines is 2. The van der Waals surface area contributed by atoms with Crippen LogP contribution in [0.4, 0.5) is 28.9 Å². The van der Waals surface area contributed by atoms with Gasteiger partial charge in [-0.15, -0.1) is 11.3 Å². The standard InChI is InChI=1S/C25H29ClF4N4O5S/c1-14(2)11-33(12-21(27)28)17(10-31-24(37)19-5-6-20(26)40-19)23(36)32-15-3-4-16(18(9-15)39-25(29)30)34-7-8-38-13-22(34)35/h3-6,9,14,17,21,25H,7-8,10-13H2,1-2H3,(H,31,37)(H,32,36)/t17-/m0/s1. The van der Waals surface area contributed by atoms with Crippen LogP contribution in [-0.4, -0.2) is 81.1 Å². The third kappa shape index (κ3) is 9.04. The lowest BCUT2D eigenvalue weighted by atomic mass is 10.1. The summed E-state index contributed by atoms with van der Waals surface area (Å²) in [5.41, 5.74) is 0.0807. The number of hydrogen-bond donors (Lipinski definition) is 2. The van der Waals surface area contributed by atoms with Gasteiger partial charge in [-0.25, -0.2) is 8.78 Å². The van der Waals surface area contributed by atoms with Crippen LogP contribution in [0.2, 0.25) is 4.34 Å². The fourth-order valence-corrected chi connectivity index (χ4v) is 5.04. The lowest BCUT2D eigenvalue weighted by Crippen LogP contribution is -2.53. The Labute approximate surface area is 237 Å². The molecule has 0 unspecified atom stereocenters. The van der Waals surface area contributed by atoms with E-state index < -0.39 is 43.3 Å². The molecule has 0 aliphatic carbocycles. The molecule has 0 radical (unpaired) electrons. The summed E-state index contributed by atoms with van der Waals surface area (Å²) in [6.45, 7) is -0.511. The number of benzene rings is 1. The minimum atomic E-state index is -3.22. The topological polar surface area (TPSA) is 100 Å². The minimum Gasteiger partial charge on any atom is -0.433 e. The van der Waals surface area contributed by atoms with Gasteiger partial charge in [0.05, 0.1) is 28.1 Å². The zero-order chi connectivity index (χ0) is 29.4. The van der Waals surface area contributed by atoms with Crippen molar-refractivity contribution in [2.24, 2.45) is 5.92 Å². The van der Waals surface area contributed by atoms with Crippen LogP contribution in [0.25, 0.3) is 0 Å². The van der Waals surface area contributed by atoms with Crippen LogP contribution in [0.15, 0.2) is 30.3 Å². The fraction of sp³-hybridized carbons (Fsp3) is 0.480. The number of nitrogens with one attached hydrogen (secondary N) is 2. The summed E-state index contributed by atoms with van der Waals surface area (Å²) in [4.78, 5) is 41.0. The summed E-state index contributed by atoms with van der Waals surface area (Å²) < 4.78 is 63.4. The van der Waals surface area contributed by atoms with Crippen molar-refractivity contribution in [1.29, 1.82) is 0 Å². The number of carbonyl (C=O) groups excluding carboxylic acids is 3. The van der Waals surface area contributed by atoms with E-state index in [0.717, 1.165) is 17.4 Å². The average Bonchev–Trinajstić information content (AvgIpc) is 3.30. The Morgan fingerprint density at radius 1 is 1.18 bits per heavy atom. The first-order chi connectivity index (χ1) is 18.9. The molecule has 3 amide bonds. The van der Waals surface area contributed by atoms with Gasteiger partial charge in [-0.05, 0) is 30.2 Å². The second-order valence-corrected chi connectivity index (χ2v) is 10.9. The smallest absolute Gasteiger partial charge is 0.387 e. The third-order valence-electron chi connectivity index (χ3n) is 5.69. The van der Waals surface area contributed by atoms with Gasteiger partial charge in [0.1, 0.15) is 12.6 Å². The first-order valence-corrected chi connectivity index (χ1v) is 13.5. The van der Waals surface area contributed by atoms with Gasteiger partial charge in [0, 0.05) is 31.4 Å². The van der Waals surface area contributed by atoms with Crippen LogP contribution >= 0.6 is 22.9 Å². The molecule has 1 atom stereocenters. The molecule has 2 heterocycles. The van der Waals surface area contributed by atoms with Gasteiger partial charge >= 0.3 is 6.61 Å². The van der Waals surface area contributed by atoms with Crippen LogP contribution in [-0.2, 0) is 14.3 Å². The number of rotatable bonds is 13. The lowest BCUT2D eigenvalue weighted by molar-refractivity contribution is -0.126. The quantitative estimate of drug-likeness (QED) is 0.329. The average molecular weight is 609 g/mol. The molecular formula is C25H29ClF4N4O5S. The number of hydrogen-bond acceptors (Lipinski definition) is 7. The largest absolute Gasteiger partial charge is 0.433 e. The van der Waals surface area contributed by atoms with Crippen molar-refractivity contribution in [3.05, 3.63) is 39.5 Å². The van der Waals surface area contributed by atoms with E-state index in [4.69, 9.17) is 16.3 Å². The molecule has 40 heavy (non-hydrogen) atoms. The fourth-order valence-electron chi connectivity index (χ4n) is 4.08. The number of nitrogens with zero attached hydrogens (tertiary/aromatic N) is 2. The summed E-state index contributed by atoms with van der Waals surface area (Å²) in [7, 11) is 0. The Bertz CT molecular complexity index is 1180. The molecule has 0 spiro atoms. The highest BCUT2D eigenvalue weighted by Gasteiger charge is 2.30. The van der Waals surface area contributed by atoms with E-state index in [1.165, 1.54) is 34.1 Å². The van der Waals surface area contributed by atoms with Gasteiger partial charge in [-0.1, -0.05) is 25.4 Å². The highest BCUT2D eigenvalue weighted by molar-refractivity contribution is 7.18. The number of ether oxygens (including phenoxy) is 2. The number of halogens is 5. The summed E-state index contributed by atoms with van der Waals surface area (Å²) in [6.07, 6.45) is -2.77. The predicted molar refractivity (Wildman–Crippen MR) is 143 cm³/mol. The van der Waals surface area contributed by atoms with Gasteiger partial charge in [-0.2, -0.15) is 8.78 Å². The maximum Gasteiger partial charge on any atom is 0.387 e. The molecule has 0 bridgehead atoms. The Morgan fingerprint density at radius 2 is 1.93 bits per heavy atom. The third-order valence-corrected chi connectivity index (χ3v) is 6.92. The molecular weight excluding hydrogens is 580 g/mol. The molecule has 1 aromatic heterocycles. The zero-order valence-electron chi connectivity index (χ0n) is 21.7. The van der Waals surface area contributed by atoms with Gasteiger partial charge in [0.25, 0.3) is 18.2 Å². The van der Waals surface area contributed by atoms with Crippen LogP contribution in [0, 0.1) is 5.92 Å². The van der Waals surface area contributed by atoms with Crippen LogP contribution in [0.5, 0.6) is 5.75 Å². The maximum atomic E-state index is 13.5. The lowest BCUT2D eigenvalue weighted by Gasteiger charge is -2.32. The molecule has 0 saturated carbocycles. The molecule has 15 heteroatoms. The summed E-state index contributed by atoms with van der Waals surface area (Å²) >= 11 is 6.90. The number of alkyl halides is 4. The van der Waals surface area contributed by atoms with E-state index in [9.17, 15) is 31.9 Å². The monoisotopic (exact) mass is 608 g/mol. The van der Waals surface area contributed by atoms with E-state index in [2.05, 4.69) is 15.4 Å². The second kappa shape index (κ2) is 14.6. The van der Waals surface area contributed by atoms with E-state index in [0.29, 0.717) is 4.34 Å². The predicted octanol–water partition coefficient (Wildman–Crippen LogP) is 4.33. The van der Waals surface area contributed by atoms with Gasteiger partial charge < -0.3 is 25.0 Å². The van der Waals surface area contributed by atoms with Crippen molar-refractivity contribution in [3.63, 3.8) is 0 Å². The van der Waals surface area contributed by atoms with E-state index >= 15 is 0 Å². The highest BCUT2D eigenvalue weighted by Crippen LogP contribution is 2.34. The van der Waals surface area contributed by atoms with E-state index in [-0.39, 0.29) is 60.8 Å². The van der Waals surface area contributed by atoms with Crippen LogP contribution < -0.4 is 20.3 Å². The van der Waals surface area contributed by atoms with Crippen molar-refractivity contribution in [1.82, 2.24) is 10.2 Å². The number of thiophene rings is 1. The molecule has 1 aromatic carbocycles. The van der Waals surface area contributed by atoms with E-state index in [1.54, 1.807) is 13.8 Å². The molecule has 1 aliphatic rings. The zero-order valence-corrected chi connectivity index (χ0v) is 23.2. The number of amides is 3. The minimum absolute atomic E-state index is 0.0213. The van der Waals surface area contributed by atoms with Crippen molar-refractivity contribution in [2.45, 2.75) is 32.9 Å². The SMILES string of the molecule is CC(C)CN(CC(F)F)[C@@H](CNC(=O)c1ccc(Cl)s1)C(=O)Nc1ccc(N2CCOCC2=O)c(OC(F)F)c1. The normalized spacial score (nSPS) is 14.8. The highest BCUT2D eigenvalue weighted by atomic mass is 35.5. The van der Waals surface area contributed by atoms with Crippen molar-refractivity contribution in [3.8, 4) is 5.75 Å². The number of morpholine rings is 1. The second-order valence-electron chi connectivity index (χ2n) is 9.22. The molecule has 3 rings (SSSR count). The Balaban J connectivity index is 1.86. The van der Waals surface area contributed by atoms with Crippen LogP contribution in [0.3, 0.4) is 0 Å². The molecule has 9 nitrogen and oxygen atoms in total. The van der Waals surface area contributed by atoms with Crippen LogP contribution in [0.1, 0.15) is 23.5 Å². The first-order valence-electron chi connectivity index (χ1n) is 12.3. The molecule has 1 aliphatic heterocycles. The molecule has 2 aromatic rings. The maximum absolute atomic E-state index is 13.5. The Kier molecular flexibility index (Phi) is 11.5. The molecule has 1 saturated heterocycles. The molecule has 2 N–H and O–H groups in total.